The van der Waals surface area contributed by atoms with Gasteiger partial charge < -0.3 is 5.11 Å². The van der Waals surface area contributed by atoms with Crippen molar-refractivity contribution < 1.29 is 22.7 Å². The molecule has 0 radical (unpaired) electrons. The van der Waals surface area contributed by atoms with E-state index in [1.165, 1.54) is 23.5 Å². The van der Waals surface area contributed by atoms with Crippen LogP contribution in [0.25, 0.3) is 21.6 Å². The summed E-state index contributed by atoms with van der Waals surface area (Å²) >= 11 is 1.35. The van der Waals surface area contributed by atoms with Crippen molar-refractivity contribution >= 4 is 27.1 Å². The Labute approximate surface area is 178 Å². The summed E-state index contributed by atoms with van der Waals surface area (Å²) in [6.07, 6.45) is 1.21. The van der Waals surface area contributed by atoms with Crippen LogP contribution in [0.1, 0.15) is 30.6 Å². The molecule has 0 spiro atoms. The summed E-state index contributed by atoms with van der Waals surface area (Å²) in [5, 5.41) is 9.42. The molecule has 0 amide bonds. The minimum absolute atomic E-state index is 0.0277. The smallest absolute Gasteiger partial charge is 0.305 e. The third-order valence-electron chi connectivity index (χ3n) is 5.68. The zero-order valence-electron chi connectivity index (χ0n) is 16.2. The molecule has 4 rings (SSSR count). The van der Waals surface area contributed by atoms with Crippen LogP contribution in [0.4, 0.5) is 4.39 Å². The number of carboxylic acids is 1. The Hall–Kier alpha value is -2.51. The summed E-state index contributed by atoms with van der Waals surface area (Å²) in [6.45, 7) is 0. The van der Waals surface area contributed by atoms with Crippen molar-refractivity contribution in [2.75, 3.05) is 5.75 Å². The molecule has 7 heteroatoms. The molecule has 3 aromatic rings. The number of hydrogen-bond acceptors (Lipinski definition) is 4. The Kier molecular flexibility index (Phi) is 5.51. The summed E-state index contributed by atoms with van der Waals surface area (Å²) in [7, 11) is -3.55. The maximum absolute atomic E-state index is 13.1. The summed E-state index contributed by atoms with van der Waals surface area (Å²) in [6, 6.07) is 17.6. The average molecular weight is 445 g/mol. The highest BCUT2D eigenvalue weighted by molar-refractivity contribution is 7.92. The minimum Gasteiger partial charge on any atom is -0.481 e. The van der Waals surface area contributed by atoms with Crippen LogP contribution >= 0.6 is 11.3 Å². The first-order valence-electron chi connectivity index (χ1n) is 9.72. The fourth-order valence-electron chi connectivity index (χ4n) is 4.07. The zero-order valence-corrected chi connectivity index (χ0v) is 17.8. The van der Waals surface area contributed by atoms with Crippen molar-refractivity contribution in [3.8, 4) is 21.6 Å². The minimum atomic E-state index is -3.55. The molecule has 0 unspecified atom stereocenters. The third-order valence-corrected chi connectivity index (χ3v) is 9.73. The maximum Gasteiger partial charge on any atom is 0.305 e. The number of halogens is 1. The molecule has 2 aromatic carbocycles. The van der Waals surface area contributed by atoms with Crippen LogP contribution in [0, 0.1) is 5.82 Å². The van der Waals surface area contributed by atoms with Gasteiger partial charge in [-0.05, 0) is 53.8 Å². The van der Waals surface area contributed by atoms with Crippen molar-refractivity contribution in [2.24, 2.45) is 0 Å². The van der Waals surface area contributed by atoms with E-state index in [-0.39, 0.29) is 11.6 Å². The van der Waals surface area contributed by atoms with Gasteiger partial charge in [0.25, 0.3) is 0 Å². The maximum atomic E-state index is 13.1. The Bertz CT molecular complexity index is 1160. The number of rotatable bonds is 5. The van der Waals surface area contributed by atoms with E-state index >= 15 is 0 Å². The zero-order chi connectivity index (χ0) is 21.4. The first kappa shape index (κ1) is 20.8. The van der Waals surface area contributed by atoms with E-state index in [2.05, 4.69) is 0 Å². The Morgan fingerprint density at radius 3 is 2.13 bits per heavy atom. The first-order valence-corrected chi connectivity index (χ1v) is 12.2. The summed E-state index contributed by atoms with van der Waals surface area (Å²) < 4.78 is 37.6. The number of benzene rings is 2. The van der Waals surface area contributed by atoms with Crippen molar-refractivity contribution in [3.05, 3.63) is 71.4 Å². The van der Waals surface area contributed by atoms with Gasteiger partial charge in [-0.25, -0.2) is 12.8 Å². The highest BCUT2D eigenvalue weighted by atomic mass is 32.2. The molecule has 1 saturated heterocycles. The highest BCUT2D eigenvalue weighted by Gasteiger charge is 2.49. The Balaban J connectivity index is 1.67. The molecule has 1 atom stereocenters. The second-order valence-corrected chi connectivity index (χ2v) is 11.1. The molecule has 4 nitrogen and oxygen atoms in total. The molecule has 1 N–H and O–H groups in total. The van der Waals surface area contributed by atoms with Gasteiger partial charge in [0.05, 0.1) is 12.2 Å². The molecule has 2 heterocycles. The van der Waals surface area contributed by atoms with E-state index in [4.69, 9.17) is 0 Å². The van der Waals surface area contributed by atoms with E-state index in [9.17, 15) is 22.7 Å². The molecule has 0 saturated carbocycles. The number of hydrogen-bond donors (Lipinski definition) is 1. The molecule has 156 valence electrons. The number of carbonyl (C=O) groups is 1. The number of sulfone groups is 1. The lowest BCUT2D eigenvalue weighted by Crippen LogP contribution is -2.41. The summed E-state index contributed by atoms with van der Waals surface area (Å²) in [5.41, 5.74) is 2.78. The van der Waals surface area contributed by atoms with Crippen molar-refractivity contribution in [3.63, 3.8) is 0 Å². The number of aliphatic carboxylic acids is 1. The van der Waals surface area contributed by atoms with Gasteiger partial charge in [0.1, 0.15) is 10.6 Å². The van der Waals surface area contributed by atoms with Crippen molar-refractivity contribution in [1.82, 2.24) is 0 Å². The molecule has 1 fully saturated rings. The predicted molar refractivity (Wildman–Crippen MR) is 117 cm³/mol. The SMILES string of the molecule is O=C(O)C[C@]1(c2ccc(-c3ccc(-c4ccc(F)cc4)cc3)s2)CCCCS1(=O)=O. The van der Waals surface area contributed by atoms with Crippen LogP contribution < -0.4 is 0 Å². The first-order chi connectivity index (χ1) is 14.3. The fourth-order valence-corrected chi connectivity index (χ4v) is 7.84. The fraction of sp³-hybridized carbons (Fsp3) is 0.261. The largest absolute Gasteiger partial charge is 0.481 e. The van der Waals surface area contributed by atoms with Crippen LogP contribution in [-0.4, -0.2) is 25.2 Å². The quantitative estimate of drug-likeness (QED) is 0.565. The van der Waals surface area contributed by atoms with E-state index in [1.54, 1.807) is 18.2 Å². The van der Waals surface area contributed by atoms with Gasteiger partial charge in [0, 0.05) is 9.75 Å². The van der Waals surface area contributed by atoms with Gasteiger partial charge >= 0.3 is 5.97 Å². The lowest BCUT2D eigenvalue weighted by molar-refractivity contribution is -0.137. The van der Waals surface area contributed by atoms with Gasteiger partial charge in [-0.2, -0.15) is 0 Å². The van der Waals surface area contributed by atoms with Crippen LogP contribution in [0.2, 0.25) is 0 Å². The second-order valence-electron chi connectivity index (χ2n) is 7.59. The van der Waals surface area contributed by atoms with E-state index in [1.807, 2.05) is 30.3 Å². The van der Waals surface area contributed by atoms with Crippen molar-refractivity contribution in [1.29, 1.82) is 0 Å². The predicted octanol–water partition coefficient (Wildman–Crippen LogP) is 5.49. The Morgan fingerprint density at radius 2 is 1.53 bits per heavy atom. The van der Waals surface area contributed by atoms with Gasteiger partial charge in [-0.3, -0.25) is 4.79 Å². The Morgan fingerprint density at radius 1 is 0.933 bits per heavy atom. The van der Waals surface area contributed by atoms with Crippen LogP contribution in [0.15, 0.2) is 60.7 Å². The van der Waals surface area contributed by atoms with E-state index in [0.717, 1.165) is 21.6 Å². The molecule has 1 aliphatic heterocycles. The van der Waals surface area contributed by atoms with Gasteiger partial charge in [0.15, 0.2) is 9.84 Å². The standard InChI is InChI=1S/C23H21FO4S2/c24-19-9-7-17(8-10-19)16-3-5-18(6-4-16)20-11-12-21(29-20)23(15-22(25)26)13-1-2-14-30(23,27)28/h3-12H,1-2,13-15H2,(H,25,26)/t23-/m0/s1. The van der Waals surface area contributed by atoms with E-state index in [0.29, 0.717) is 24.1 Å². The third kappa shape index (κ3) is 3.79. The van der Waals surface area contributed by atoms with E-state index < -0.39 is 27.0 Å². The molecular formula is C23H21FO4S2. The topological polar surface area (TPSA) is 71.4 Å². The van der Waals surface area contributed by atoms with Crippen molar-refractivity contribution in [2.45, 2.75) is 30.4 Å². The van der Waals surface area contributed by atoms with Crippen LogP contribution in [0.5, 0.6) is 0 Å². The van der Waals surface area contributed by atoms with Crippen LogP contribution in [-0.2, 0) is 19.4 Å². The monoisotopic (exact) mass is 444 g/mol. The van der Waals surface area contributed by atoms with Crippen LogP contribution in [0.3, 0.4) is 0 Å². The number of carboxylic acid groups (broad SMARTS) is 1. The van der Waals surface area contributed by atoms with Gasteiger partial charge in [-0.1, -0.05) is 42.8 Å². The lowest BCUT2D eigenvalue weighted by Gasteiger charge is -2.34. The molecule has 1 aliphatic rings. The normalized spacial score (nSPS) is 20.7. The summed E-state index contributed by atoms with van der Waals surface area (Å²) in [5.74, 6) is -1.35. The number of thiophene rings is 1. The molecular weight excluding hydrogens is 423 g/mol. The van der Waals surface area contributed by atoms with Gasteiger partial charge in [-0.15, -0.1) is 11.3 Å². The second kappa shape index (κ2) is 7.96. The highest BCUT2D eigenvalue weighted by Crippen LogP contribution is 2.47. The average Bonchev–Trinajstić information content (AvgIpc) is 3.21. The lowest BCUT2D eigenvalue weighted by atomic mass is 9.95. The van der Waals surface area contributed by atoms with Gasteiger partial charge in [0.2, 0.25) is 0 Å². The summed E-state index contributed by atoms with van der Waals surface area (Å²) in [4.78, 5) is 13.0. The molecule has 0 bridgehead atoms. The molecule has 1 aromatic heterocycles. The molecule has 0 aliphatic carbocycles. The molecule has 30 heavy (non-hydrogen) atoms.